The lowest BCUT2D eigenvalue weighted by atomic mass is 10.2. The molecule has 134 valence electrons. The van der Waals surface area contributed by atoms with Gasteiger partial charge in [0.05, 0.1) is 23.8 Å². The molecule has 0 aliphatic rings. The van der Waals surface area contributed by atoms with Crippen molar-refractivity contribution in [2.45, 2.75) is 11.7 Å². The molecule has 1 N–H and O–H groups in total. The summed E-state index contributed by atoms with van der Waals surface area (Å²) in [5, 5.41) is 3.96. The Hall–Kier alpha value is -2.80. The first kappa shape index (κ1) is 18.0. The number of rotatable bonds is 6. The van der Waals surface area contributed by atoms with E-state index >= 15 is 0 Å². The highest BCUT2D eigenvalue weighted by atomic mass is 32.2. The van der Waals surface area contributed by atoms with E-state index in [9.17, 15) is 9.59 Å². The molecule has 0 spiro atoms. The maximum absolute atomic E-state index is 12.4. The number of hydrogen-bond acceptors (Lipinski definition) is 5. The van der Waals surface area contributed by atoms with Crippen molar-refractivity contribution in [3.05, 3.63) is 64.4 Å². The maximum atomic E-state index is 12.4. The third-order valence-corrected chi connectivity index (χ3v) is 4.95. The van der Waals surface area contributed by atoms with Gasteiger partial charge in [-0.25, -0.2) is 4.98 Å². The molecule has 1 heterocycles. The Bertz CT molecular complexity index is 983. The summed E-state index contributed by atoms with van der Waals surface area (Å²) in [7, 11) is 3.28. The highest BCUT2D eigenvalue weighted by Gasteiger charge is 2.10. The number of nitrogens with one attached hydrogen (secondary N) is 1. The minimum absolute atomic E-state index is 0.114. The van der Waals surface area contributed by atoms with Gasteiger partial charge in [0.15, 0.2) is 5.16 Å². The van der Waals surface area contributed by atoms with Gasteiger partial charge in [-0.2, -0.15) is 0 Å². The molecule has 0 atom stereocenters. The van der Waals surface area contributed by atoms with Crippen LogP contribution in [0.3, 0.4) is 0 Å². The number of nitrogens with zero attached hydrogens (tertiary/aromatic N) is 2. The van der Waals surface area contributed by atoms with Crippen LogP contribution in [0.5, 0.6) is 5.75 Å². The minimum atomic E-state index is -0.117. The van der Waals surface area contributed by atoms with Crippen LogP contribution in [0.2, 0.25) is 0 Å². The molecule has 0 radical (unpaired) electrons. The van der Waals surface area contributed by atoms with Crippen molar-refractivity contribution in [1.82, 2.24) is 14.9 Å². The second-order valence-corrected chi connectivity index (χ2v) is 6.63. The average Bonchev–Trinajstić information content (AvgIpc) is 2.68. The Labute approximate surface area is 155 Å². The van der Waals surface area contributed by atoms with Crippen molar-refractivity contribution in [3.8, 4) is 5.75 Å². The predicted octanol–water partition coefficient (Wildman–Crippen LogP) is 2.35. The second kappa shape index (κ2) is 8.05. The Morgan fingerprint density at radius 2 is 1.92 bits per heavy atom. The van der Waals surface area contributed by atoms with Gasteiger partial charge in [0.2, 0.25) is 5.91 Å². The minimum Gasteiger partial charge on any atom is -0.497 e. The van der Waals surface area contributed by atoms with E-state index in [4.69, 9.17) is 4.74 Å². The highest BCUT2D eigenvalue weighted by molar-refractivity contribution is 7.99. The van der Waals surface area contributed by atoms with Crippen LogP contribution >= 0.6 is 11.8 Å². The Morgan fingerprint density at radius 1 is 1.19 bits per heavy atom. The van der Waals surface area contributed by atoms with Crippen LogP contribution in [-0.2, 0) is 18.4 Å². The van der Waals surface area contributed by atoms with Gasteiger partial charge in [-0.05, 0) is 29.8 Å². The molecule has 0 saturated heterocycles. The molecule has 0 unspecified atom stereocenters. The van der Waals surface area contributed by atoms with E-state index in [-0.39, 0.29) is 17.2 Å². The molecule has 0 aliphatic heterocycles. The lowest BCUT2D eigenvalue weighted by molar-refractivity contribution is -0.118. The van der Waals surface area contributed by atoms with Crippen LogP contribution in [0.4, 0.5) is 0 Å². The van der Waals surface area contributed by atoms with Gasteiger partial charge in [0.25, 0.3) is 5.56 Å². The zero-order valence-corrected chi connectivity index (χ0v) is 15.4. The standard InChI is InChI=1S/C19H19N3O3S/c1-22-18(24)15-5-3-4-6-16(15)21-19(22)26-12-17(23)20-11-13-7-9-14(25-2)10-8-13/h3-10H,11-12H2,1-2H3,(H,20,23). The number of thioether (sulfide) groups is 1. The summed E-state index contributed by atoms with van der Waals surface area (Å²) in [6, 6.07) is 14.7. The number of hydrogen-bond donors (Lipinski definition) is 1. The number of benzene rings is 2. The van der Waals surface area contributed by atoms with Crippen LogP contribution in [0.15, 0.2) is 58.5 Å². The zero-order valence-electron chi connectivity index (χ0n) is 14.6. The van der Waals surface area contributed by atoms with E-state index in [1.807, 2.05) is 36.4 Å². The van der Waals surface area contributed by atoms with Gasteiger partial charge in [-0.3, -0.25) is 14.2 Å². The largest absolute Gasteiger partial charge is 0.497 e. The molecule has 7 heteroatoms. The summed E-state index contributed by atoms with van der Waals surface area (Å²) in [5.74, 6) is 0.849. The number of carbonyl (C=O) groups is 1. The van der Waals surface area contributed by atoms with Crippen LogP contribution in [0.25, 0.3) is 10.9 Å². The molecule has 1 amide bonds. The number of carbonyl (C=O) groups excluding carboxylic acids is 1. The zero-order chi connectivity index (χ0) is 18.5. The van der Waals surface area contributed by atoms with E-state index in [1.165, 1.54) is 16.3 Å². The quantitative estimate of drug-likeness (QED) is 0.533. The topological polar surface area (TPSA) is 73.2 Å². The average molecular weight is 369 g/mol. The summed E-state index contributed by atoms with van der Waals surface area (Å²) in [6.45, 7) is 0.438. The molecular formula is C19H19N3O3S. The first-order valence-corrected chi connectivity index (χ1v) is 9.05. The molecule has 26 heavy (non-hydrogen) atoms. The first-order valence-electron chi connectivity index (χ1n) is 8.06. The molecule has 3 rings (SSSR count). The van der Waals surface area contributed by atoms with Gasteiger partial charge in [0.1, 0.15) is 5.75 Å². The van der Waals surface area contributed by atoms with E-state index in [0.717, 1.165) is 11.3 Å². The van der Waals surface area contributed by atoms with Crippen LogP contribution in [0, 0.1) is 0 Å². The van der Waals surface area contributed by atoms with E-state index in [0.29, 0.717) is 22.6 Å². The van der Waals surface area contributed by atoms with Crippen LogP contribution in [-0.4, -0.2) is 28.3 Å². The summed E-state index contributed by atoms with van der Waals surface area (Å²) in [5.41, 5.74) is 1.51. The van der Waals surface area contributed by atoms with Crippen molar-refractivity contribution in [2.75, 3.05) is 12.9 Å². The molecule has 0 bridgehead atoms. The molecule has 6 nitrogen and oxygen atoms in total. The Kier molecular flexibility index (Phi) is 5.58. The summed E-state index contributed by atoms with van der Waals surface area (Å²) in [4.78, 5) is 28.9. The SMILES string of the molecule is COc1ccc(CNC(=O)CSc2nc3ccccc3c(=O)n2C)cc1. The Balaban J connectivity index is 1.61. The smallest absolute Gasteiger partial charge is 0.261 e. The molecule has 3 aromatic rings. The number of fused-ring (bicyclic) bond motifs is 1. The van der Waals surface area contributed by atoms with Crippen molar-refractivity contribution in [2.24, 2.45) is 7.05 Å². The number of methoxy groups -OCH3 is 1. The number of para-hydroxylation sites is 1. The fraction of sp³-hybridized carbons (Fsp3) is 0.211. The normalized spacial score (nSPS) is 10.7. The molecule has 2 aromatic carbocycles. The summed E-state index contributed by atoms with van der Waals surface area (Å²) < 4.78 is 6.58. The highest BCUT2D eigenvalue weighted by Crippen LogP contribution is 2.16. The van der Waals surface area contributed by atoms with E-state index < -0.39 is 0 Å². The fourth-order valence-electron chi connectivity index (χ4n) is 2.45. The molecule has 1 aromatic heterocycles. The lowest BCUT2D eigenvalue weighted by Gasteiger charge is -2.09. The molecular weight excluding hydrogens is 350 g/mol. The number of ether oxygens (including phenoxy) is 1. The van der Waals surface area contributed by atoms with Crippen molar-refractivity contribution >= 4 is 28.6 Å². The predicted molar refractivity (Wildman–Crippen MR) is 103 cm³/mol. The number of amides is 1. The third kappa shape index (κ3) is 4.05. The van der Waals surface area contributed by atoms with Crippen molar-refractivity contribution in [1.29, 1.82) is 0 Å². The molecule has 0 aliphatic carbocycles. The van der Waals surface area contributed by atoms with Gasteiger partial charge < -0.3 is 10.1 Å². The van der Waals surface area contributed by atoms with E-state index in [2.05, 4.69) is 10.3 Å². The summed E-state index contributed by atoms with van der Waals surface area (Å²) in [6.07, 6.45) is 0. The van der Waals surface area contributed by atoms with Gasteiger partial charge in [-0.1, -0.05) is 36.0 Å². The van der Waals surface area contributed by atoms with E-state index in [1.54, 1.807) is 26.3 Å². The molecule has 0 fully saturated rings. The number of aromatic nitrogens is 2. The van der Waals surface area contributed by atoms with Crippen LogP contribution in [0.1, 0.15) is 5.56 Å². The van der Waals surface area contributed by atoms with Gasteiger partial charge in [-0.15, -0.1) is 0 Å². The van der Waals surface area contributed by atoms with Gasteiger partial charge in [0, 0.05) is 13.6 Å². The van der Waals surface area contributed by atoms with Crippen molar-refractivity contribution < 1.29 is 9.53 Å². The van der Waals surface area contributed by atoms with Crippen LogP contribution < -0.4 is 15.6 Å². The van der Waals surface area contributed by atoms with Gasteiger partial charge >= 0.3 is 0 Å². The first-order chi connectivity index (χ1) is 12.6. The second-order valence-electron chi connectivity index (χ2n) is 5.69. The molecule has 0 saturated carbocycles. The fourth-order valence-corrected chi connectivity index (χ4v) is 3.25. The Morgan fingerprint density at radius 3 is 2.65 bits per heavy atom. The third-order valence-electron chi connectivity index (χ3n) is 3.92. The summed E-state index contributed by atoms with van der Waals surface area (Å²) >= 11 is 1.25. The monoisotopic (exact) mass is 369 g/mol. The maximum Gasteiger partial charge on any atom is 0.261 e. The van der Waals surface area contributed by atoms with Crippen molar-refractivity contribution in [3.63, 3.8) is 0 Å². The lowest BCUT2D eigenvalue weighted by Crippen LogP contribution is -2.25.